The zero-order chi connectivity index (χ0) is 12.3. The highest BCUT2D eigenvalue weighted by molar-refractivity contribution is 6.19. The van der Waals surface area contributed by atoms with E-state index in [1.165, 1.54) is 11.0 Å². The monoisotopic (exact) mass is 237 g/mol. The van der Waals surface area contributed by atoms with Gasteiger partial charge in [-0.25, -0.2) is 4.98 Å². The van der Waals surface area contributed by atoms with Crippen LogP contribution in [0.5, 0.6) is 0 Å². The molecule has 86 valence electrons. The number of aromatic nitrogens is 5. The molecule has 0 saturated heterocycles. The number of hydrogen-bond acceptors (Lipinski definition) is 5. The van der Waals surface area contributed by atoms with Crippen LogP contribution in [0.25, 0.3) is 17.0 Å². The first-order chi connectivity index (χ1) is 8.74. The Morgan fingerprint density at radius 1 is 1.17 bits per heavy atom. The number of ketones is 1. The standard InChI is InChI=1S/C12H7N5O/c1-6-2-3-7-8(4-6)11(18)10-9(7)15-12-13-5-14-17(12)16-10/h2-5H,1H3. The summed E-state index contributed by atoms with van der Waals surface area (Å²) in [5.41, 5.74) is 3.44. The molecule has 0 atom stereocenters. The fourth-order valence-corrected chi connectivity index (χ4v) is 2.19. The molecule has 0 radical (unpaired) electrons. The van der Waals surface area contributed by atoms with Crippen molar-refractivity contribution < 1.29 is 4.79 Å². The molecule has 0 unspecified atom stereocenters. The van der Waals surface area contributed by atoms with Gasteiger partial charge in [-0.3, -0.25) is 4.79 Å². The molecule has 6 nitrogen and oxygen atoms in total. The van der Waals surface area contributed by atoms with Gasteiger partial charge in [-0.15, -0.1) is 14.8 Å². The molecular weight excluding hydrogens is 230 g/mol. The van der Waals surface area contributed by atoms with E-state index >= 15 is 0 Å². The fourth-order valence-electron chi connectivity index (χ4n) is 2.19. The lowest BCUT2D eigenvalue weighted by Crippen LogP contribution is -2.06. The van der Waals surface area contributed by atoms with E-state index in [1.54, 1.807) is 0 Å². The van der Waals surface area contributed by atoms with Crippen LogP contribution in [0.3, 0.4) is 0 Å². The summed E-state index contributed by atoms with van der Waals surface area (Å²) in [4.78, 5) is 20.6. The first kappa shape index (κ1) is 9.41. The lowest BCUT2D eigenvalue weighted by atomic mass is 10.1. The number of fused-ring (bicyclic) bond motifs is 4. The van der Waals surface area contributed by atoms with Crippen LogP contribution in [-0.2, 0) is 0 Å². The average molecular weight is 237 g/mol. The highest BCUT2D eigenvalue weighted by Crippen LogP contribution is 2.34. The maximum atomic E-state index is 12.2. The Balaban J connectivity index is 2.12. The highest BCUT2D eigenvalue weighted by atomic mass is 16.1. The second-order valence-corrected chi connectivity index (χ2v) is 4.24. The van der Waals surface area contributed by atoms with Gasteiger partial charge < -0.3 is 0 Å². The first-order valence-electron chi connectivity index (χ1n) is 5.48. The molecule has 2 aromatic heterocycles. The van der Waals surface area contributed by atoms with E-state index < -0.39 is 0 Å². The van der Waals surface area contributed by atoms with E-state index in [2.05, 4.69) is 20.2 Å². The van der Waals surface area contributed by atoms with Crippen LogP contribution in [0.2, 0.25) is 0 Å². The second-order valence-electron chi connectivity index (χ2n) is 4.24. The predicted octanol–water partition coefficient (Wildman–Crippen LogP) is 1.04. The largest absolute Gasteiger partial charge is 0.287 e. The predicted molar refractivity (Wildman–Crippen MR) is 62.2 cm³/mol. The van der Waals surface area contributed by atoms with Crippen molar-refractivity contribution in [2.24, 2.45) is 0 Å². The number of carbonyl (C=O) groups is 1. The van der Waals surface area contributed by atoms with Gasteiger partial charge in [0.15, 0.2) is 5.69 Å². The number of carbonyl (C=O) groups excluding carboxylic acids is 1. The number of nitrogens with zero attached hydrogens (tertiary/aromatic N) is 5. The van der Waals surface area contributed by atoms with Crippen LogP contribution in [0.1, 0.15) is 21.6 Å². The molecule has 1 aliphatic carbocycles. The van der Waals surface area contributed by atoms with Crippen molar-refractivity contribution in [3.8, 4) is 11.3 Å². The molecule has 0 amide bonds. The minimum atomic E-state index is -0.103. The minimum Gasteiger partial charge on any atom is -0.287 e. The normalized spacial score (nSPS) is 12.8. The molecule has 1 aliphatic rings. The Hall–Kier alpha value is -2.63. The van der Waals surface area contributed by atoms with Gasteiger partial charge in [-0.2, -0.15) is 4.98 Å². The van der Waals surface area contributed by atoms with Crippen LogP contribution in [0.15, 0.2) is 24.5 Å². The molecule has 1 aromatic carbocycles. The summed E-state index contributed by atoms with van der Waals surface area (Å²) < 4.78 is 1.27. The maximum Gasteiger partial charge on any atom is 0.270 e. The number of benzene rings is 1. The van der Waals surface area contributed by atoms with E-state index in [4.69, 9.17) is 0 Å². The Labute approximate surface area is 101 Å². The summed E-state index contributed by atoms with van der Waals surface area (Å²) in [5, 5.41) is 8.06. The molecule has 0 N–H and O–H groups in total. The Kier molecular flexibility index (Phi) is 1.56. The Bertz CT molecular complexity index is 820. The van der Waals surface area contributed by atoms with Crippen LogP contribution in [-0.4, -0.2) is 30.6 Å². The molecule has 18 heavy (non-hydrogen) atoms. The maximum absolute atomic E-state index is 12.2. The summed E-state index contributed by atoms with van der Waals surface area (Å²) in [5.74, 6) is 0.295. The first-order valence-corrected chi connectivity index (χ1v) is 5.48. The molecular formula is C12H7N5O. The van der Waals surface area contributed by atoms with E-state index in [1.807, 2.05) is 25.1 Å². The summed E-state index contributed by atoms with van der Waals surface area (Å²) in [6, 6.07) is 5.71. The zero-order valence-corrected chi connectivity index (χ0v) is 9.45. The minimum absolute atomic E-state index is 0.103. The van der Waals surface area contributed by atoms with Crippen molar-refractivity contribution in [3.05, 3.63) is 41.3 Å². The van der Waals surface area contributed by atoms with E-state index in [0.29, 0.717) is 22.7 Å². The Morgan fingerprint density at radius 3 is 2.94 bits per heavy atom. The SMILES string of the molecule is Cc1ccc2c(c1)C(=O)c1nn3ncnc3nc1-2. The summed E-state index contributed by atoms with van der Waals surface area (Å²) >= 11 is 0. The molecule has 4 rings (SSSR count). The van der Waals surface area contributed by atoms with Crippen molar-refractivity contribution in [3.63, 3.8) is 0 Å². The smallest absolute Gasteiger partial charge is 0.270 e. The molecule has 0 saturated carbocycles. The van der Waals surface area contributed by atoms with Gasteiger partial charge in [-0.1, -0.05) is 17.7 Å². The van der Waals surface area contributed by atoms with Gasteiger partial charge in [0, 0.05) is 11.1 Å². The van der Waals surface area contributed by atoms with E-state index in [9.17, 15) is 4.79 Å². The third-order valence-electron chi connectivity index (χ3n) is 3.03. The molecule has 0 aliphatic heterocycles. The second kappa shape index (κ2) is 2.98. The number of rotatable bonds is 0. The van der Waals surface area contributed by atoms with Gasteiger partial charge in [-0.05, 0) is 13.0 Å². The quantitative estimate of drug-likeness (QED) is 0.457. The van der Waals surface area contributed by atoms with E-state index in [0.717, 1.165) is 11.1 Å². The zero-order valence-electron chi connectivity index (χ0n) is 9.45. The van der Waals surface area contributed by atoms with Crippen molar-refractivity contribution in [2.75, 3.05) is 0 Å². The fraction of sp³-hybridized carbons (Fsp3) is 0.0833. The van der Waals surface area contributed by atoms with Gasteiger partial charge in [0.05, 0.1) is 0 Å². The molecule has 0 fully saturated rings. The summed E-state index contributed by atoms with van der Waals surface area (Å²) in [6.07, 6.45) is 1.37. The van der Waals surface area contributed by atoms with Crippen molar-refractivity contribution in [2.45, 2.75) is 6.92 Å². The third-order valence-corrected chi connectivity index (χ3v) is 3.03. The number of aryl methyl sites for hydroxylation is 1. The topological polar surface area (TPSA) is 73.0 Å². The molecule has 3 aromatic rings. The van der Waals surface area contributed by atoms with Crippen molar-refractivity contribution >= 4 is 11.6 Å². The van der Waals surface area contributed by atoms with Crippen molar-refractivity contribution in [1.82, 2.24) is 24.8 Å². The molecule has 2 heterocycles. The summed E-state index contributed by atoms with van der Waals surface area (Å²) in [6.45, 7) is 1.95. The van der Waals surface area contributed by atoms with Gasteiger partial charge >= 0.3 is 0 Å². The van der Waals surface area contributed by atoms with Crippen LogP contribution >= 0.6 is 0 Å². The van der Waals surface area contributed by atoms with Gasteiger partial charge in [0.2, 0.25) is 5.78 Å². The third kappa shape index (κ3) is 1.04. The lowest BCUT2D eigenvalue weighted by molar-refractivity contribution is 0.103. The summed E-state index contributed by atoms with van der Waals surface area (Å²) in [7, 11) is 0. The number of hydrogen-bond donors (Lipinski definition) is 0. The van der Waals surface area contributed by atoms with Gasteiger partial charge in [0.25, 0.3) is 5.78 Å². The lowest BCUT2D eigenvalue weighted by Gasteiger charge is -1.98. The van der Waals surface area contributed by atoms with E-state index in [-0.39, 0.29) is 5.78 Å². The van der Waals surface area contributed by atoms with Crippen LogP contribution < -0.4 is 0 Å². The van der Waals surface area contributed by atoms with Crippen LogP contribution in [0.4, 0.5) is 0 Å². The molecule has 6 heteroatoms. The molecule has 0 spiro atoms. The highest BCUT2D eigenvalue weighted by Gasteiger charge is 2.30. The molecule has 0 bridgehead atoms. The van der Waals surface area contributed by atoms with Crippen molar-refractivity contribution in [1.29, 1.82) is 0 Å². The Morgan fingerprint density at radius 2 is 2.06 bits per heavy atom. The van der Waals surface area contributed by atoms with Gasteiger partial charge in [0.1, 0.15) is 12.0 Å². The average Bonchev–Trinajstić information content (AvgIpc) is 2.92. The van der Waals surface area contributed by atoms with Crippen LogP contribution in [0, 0.1) is 6.92 Å².